The van der Waals surface area contributed by atoms with Gasteiger partial charge < -0.3 is 4.90 Å². The molecule has 6 radical (unpaired) electrons. The molecule has 60 valence electrons. The van der Waals surface area contributed by atoms with Gasteiger partial charge in [-0.15, -0.1) is 0 Å². The number of rotatable bonds is 1. The fourth-order valence-corrected chi connectivity index (χ4v) is 1.37. The number of piperidine rings is 1. The van der Waals surface area contributed by atoms with Gasteiger partial charge in [0.1, 0.15) is 6.17 Å². The first-order valence-corrected chi connectivity index (χ1v) is 4.17. The maximum atomic E-state index is 13.1. The van der Waals surface area contributed by atoms with Crippen molar-refractivity contribution in [2.45, 2.75) is 24.8 Å². The molecule has 1 nitrogen and oxygen atoms in total. The summed E-state index contributed by atoms with van der Waals surface area (Å²) in [5.74, 6) is 0.0867. The van der Waals surface area contributed by atoms with Crippen molar-refractivity contribution in [3.63, 3.8) is 0 Å². The van der Waals surface area contributed by atoms with Crippen LogP contribution >= 0.6 is 0 Å². The van der Waals surface area contributed by atoms with E-state index in [1.54, 1.807) is 4.90 Å². The average molecular weight is 161 g/mol. The lowest BCUT2D eigenvalue weighted by molar-refractivity contribution is 0.0911. The molecule has 0 N–H and O–H groups in total. The largest absolute Gasteiger partial charge is 0.319 e. The molecule has 2 unspecified atom stereocenters. The number of alkyl halides is 1. The minimum atomic E-state index is -1.37. The molecule has 1 saturated heterocycles. The van der Waals surface area contributed by atoms with E-state index in [1.165, 1.54) is 0 Å². The molecule has 1 fully saturated rings. The molecule has 0 amide bonds. The van der Waals surface area contributed by atoms with Crippen LogP contribution in [0.5, 0.6) is 0 Å². The Kier molecular flexibility index (Phi) is 2.92. The zero-order valence-corrected chi connectivity index (χ0v) is 7.33. The van der Waals surface area contributed by atoms with Gasteiger partial charge in [-0.05, 0) is 18.9 Å². The average Bonchev–Trinajstić information content (AvgIpc) is 1.92. The highest BCUT2D eigenvalue weighted by Gasteiger charge is 2.30. The molecular weight excluding hydrogens is 150 g/mol. The van der Waals surface area contributed by atoms with Crippen molar-refractivity contribution in [1.29, 1.82) is 0 Å². The van der Waals surface area contributed by atoms with Crippen LogP contribution in [0.25, 0.3) is 0 Å². The highest BCUT2D eigenvalue weighted by atomic mass is 19.1. The van der Waals surface area contributed by atoms with Gasteiger partial charge in [0.15, 0.2) is 0 Å². The summed E-state index contributed by atoms with van der Waals surface area (Å²) in [5, 5.41) is -1.37. The van der Waals surface area contributed by atoms with Gasteiger partial charge in [-0.2, -0.15) is 0 Å². The molecule has 1 heterocycles. The molecule has 5 heteroatoms. The number of nitrogens with zero attached hydrogens (tertiary/aromatic N) is 1. The van der Waals surface area contributed by atoms with E-state index in [-0.39, 0.29) is 12.5 Å². The summed E-state index contributed by atoms with van der Waals surface area (Å²) in [7, 11) is 16.3. The second-order valence-corrected chi connectivity index (χ2v) is 3.62. The summed E-state index contributed by atoms with van der Waals surface area (Å²) < 4.78 is 13.1. The Bertz CT molecular complexity index is 159. The predicted octanol–water partition coefficient (Wildman–Crippen LogP) is -0.217. The SMILES string of the molecule is [B]C([B])([B])N1CCC(C)C(F)C1. The molecular formula is C7H11B3FN. The summed E-state index contributed by atoms with van der Waals surface area (Å²) in [6.45, 7) is 2.79. The van der Waals surface area contributed by atoms with Crippen molar-refractivity contribution >= 4 is 23.5 Å². The third kappa shape index (κ3) is 2.29. The van der Waals surface area contributed by atoms with E-state index < -0.39 is 11.4 Å². The van der Waals surface area contributed by atoms with Crippen LogP contribution in [0.4, 0.5) is 4.39 Å². The second-order valence-electron chi connectivity index (χ2n) is 3.62. The molecule has 0 aliphatic carbocycles. The number of hydrogen-bond acceptors (Lipinski definition) is 1. The Morgan fingerprint density at radius 2 is 2.00 bits per heavy atom. The van der Waals surface area contributed by atoms with Gasteiger partial charge in [0.2, 0.25) is 0 Å². The van der Waals surface area contributed by atoms with E-state index >= 15 is 0 Å². The molecule has 1 aliphatic heterocycles. The van der Waals surface area contributed by atoms with Crippen molar-refractivity contribution < 1.29 is 4.39 Å². The van der Waals surface area contributed by atoms with E-state index in [0.717, 1.165) is 6.42 Å². The van der Waals surface area contributed by atoms with Crippen LogP contribution in [0.15, 0.2) is 0 Å². The molecule has 0 spiro atoms. The molecule has 0 bridgehead atoms. The first-order valence-electron chi connectivity index (χ1n) is 4.17. The number of hydrogen-bond donors (Lipinski definition) is 0. The van der Waals surface area contributed by atoms with Crippen LogP contribution in [0.1, 0.15) is 13.3 Å². The summed E-state index contributed by atoms with van der Waals surface area (Å²) in [6, 6.07) is 0. The molecule has 12 heavy (non-hydrogen) atoms. The zero-order valence-electron chi connectivity index (χ0n) is 7.33. The number of halogens is 1. The van der Waals surface area contributed by atoms with Crippen LogP contribution in [-0.4, -0.2) is 52.9 Å². The van der Waals surface area contributed by atoms with Crippen LogP contribution in [0, 0.1) is 5.92 Å². The molecule has 1 rings (SSSR count). The lowest BCUT2D eigenvalue weighted by Gasteiger charge is -2.43. The first-order chi connectivity index (χ1) is 5.41. The lowest BCUT2D eigenvalue weighted by atomic mass is 9.48. The van der Waals surface area contributed by atoms with Gasteiger partial charge in [0.25, 0.3) is 0 Å². The zero-order chi connectivity index (χ0) is 9.35. The van der Waals surface area contributed by atoms with Crippen molar-refractivity contribution in [3.05, 3.63) is 0 Å². The predicted molar refractivity (Wildman–Crippen MR) is 50.2 cm³/mol. The highest BCUT2D eigenvalue weighted by Crippen LogP contribution is 2.22. The molecule has 0 saturated carbocycles. The monoisotopic (exact) mass is 161 g/mol. The molecule has 0 aromatic heterocycles. The first kappa shape index (κ1) is 10.2. The fraction of sp³-hybridized carbons (Fsp3) is 1.00. The summed E-state index contributed by atoms with van der Waals surface area (Å²) in [5.41, 5.74) is 0. The smallest absolute Gasteiger partial charge is 0.115 e. The summed E-state index contributed by atoms with van der Waals surface area (Å²) in [4.78, 5) is 1.57. The Balaban J connectivity index is 2.51. The molecule has 2 atom stereocenters. The topological polar surface area (TPSA) is 3.24 Å². The maximum Gasteiger partial charge on any atom is 0.115 e. The van der Waals surface area contributed by atoms with Gasteiger partial charge in [-0.25, -0.2) is 4.39 Å². The minimum Gasteiger partial charge on any atom is -0.319 e. The third-order valence-electron chi connectivity index (χ3n) is 2.41. The summed E-state index contributed by atoms with van der Waals surface area (Å²) in [6.07, 6.45) is -0.108. The summed E-state index contributed by atoms with van der Waals surface area (Å²) >= 11 is 0. The second kappa shape index (κ2) is 3.45. The van der Waals surface area contributed by atoms with E-state index in [0.29, 0.717) is 6.54 Å². The standard InChI is InChI=1S/C7H11B3FN/c1-5-2-3-12(4-6(5)11)7(8,9)10/h5-6H,2-4H2,1H3. The van der Waals surface area contributed by atoms with Crippen LogP contribution < -0.4 is 0 Å². The van der Waals surface area contributed by atoms with Crippen LogP contribution in [0.2, 0.25) is 0 Å². The normalized spacial score (nSPS) is 33.5. The van der Waals surface area contributed by atoms with E-state index in [2.05, 4.69) is 0 Å². The van der Waals surface area contributed by atoms with Crippen molar-refractivity contribution in [2.24, 2.45) is 5.92 Å². The van der Waals surface area contributed by atoms with Gasteiger partial charge >= 0.3 is 0 Å². The molecule has 0 aromatic rings. The minimum absolute atomic E-state index is 0.0867. The quantitative estimate of drug-likeness (QED) is 0.480. The number of likely N-dealkylation sites (tertiary alicyclic amines) is 1. The van der Waals surface area contributed by atoms with E-state index in [1.807, 2.05) is 6.92 Å². The Labute approximate surface area is 77.3 Å². The van der Waals surface area contributed by atoms with Gasteiger partial charge in [0.05, 0.1) is 23.5 Å². The van der Waals surface area contributed by atoms with Gasteiger partial charge in [-0.3, -0.25) is 0 Å². The van der Waals surface area contributed by atoms with Crippen molar-refractivity contribution in [3.8, 4) is 0 Å². The Morgan fingerprint density at radius 3 is 2.42 bits per heavy atom. The van der Waals surface area contributed by atoms with Gasteiger partial charge in [0, 0.05) is 6.54 Å². The van der Waals surface area contributed by atoms with Crippen molar-refractivity contribution in [2.75, 3.05) is 13.1 Å². The lowest BCUT2D eigenvalue weighted by Crippen LogP contribution is -2.56. The van der Waals surface area contributed by atoms with Crippen LogP contribution in [-0.2, 0) is 0 Å². The fourth-order valence-electron chi connectivity index (χ4n) is 1.37. The molecule has 0 aromatic carbocycles. The van der Waals surface area contributed by atoms with E-state index in [4.69, 9.17) is 23.5 Å². The highest BCUT2D eigenvalue weighted by molar-refractivity contribution is 6.59. The maximum absolute atomic E-state index is 13.1. The van der Waals surface area contributed by atoms with E-state index in [9.17, 15) is 4.39 Å². The van der Waals surface area contributed by atoms with Crippen LogP contribution in [0.3, 0.4) is 0 Å². The van der Waals surface area contributed by atoms with Crippen molar-refractivity contribution in [1.82, 2.24) is 4.90 Å². The Hall–Kier alpha value is 0.0848. The Morgan fingerprint density at radius 1 is 1.42 bits per heavy atom. The third-order valence-corrected chi connectivity index (χ3v) is 2.41. The van der Waals surface area contributed by atoms with Gasteiger partial charge in [-0.1, -0.05) is 12.2 Å². The molecule has 1 aliphatic rings.